The molecule has 2 aromatic carbocycles. The predicted molar refractivity (Wildman–Crippen MR) is 132 cm³/mol. The summed E-state index contributed by atoms with van der Waals surface area (Å²) in [5.41, 5.74) is 13.7. The van der Waals surface area contributed by atoms with E-state index in [9.17, 15) is 9.90 Å². The maximum Gasteiger partial charge on any atom is 0.321 e. The molecule has 0 spiro atoms. The number of urea groups is 1. The van der Waals surface area contributed by atoms with Crippen LogP contribution >= 0.6 is 15.9 Å². The number of phenolic OH excluding ortho intramolecular Hbond substituents is 1. The smallest absolute Gasteiger partial charge is 0.321 e. The molecule has 1 heterocycles. The quantitative estimate of drug-likeness (QED) is 0.236. The molecule has 0 aromatic heterocycles. The number of piperidine rings is 1. The van der Waals surface area contributed by atoms with Gasteiger partial charge in [-0.2, -0.15) is 0 Å². The van der Waals surface area contributed by atoms with Crippen LogP contribution in [0.2, 0.25) is 0 Å². The van der Waals surface area contributed by atoms with Crippen LogP contribution in [0.1, 0.15) is 18.4 Å². The molecule has 0 bridgehead atoms. The van der Waals surface area contributed by atoms with Crippen LogP contribution in [-0.2, 0) is 0 Å². The van der Waals surface area contributed by atoms with E-state index in [1.165, 1.54) is 0 Å². The van der Waals surface area contributed by atoms with Crippen molar-refractivity contribution in [1.82, 2.24) is 15.8 Å². The van der Waals surface area contributed by atoms with E-state index in [-0.39, 0.29) is 17.7 Å². The van der Waals surface area contributed by atoms with Crippen molar-refractivity contribution in [2.45, 2.75) is 12.8 Å². The van der Waals surface area contributed by atoms with E-state index in [1.807, 2.05) is 35.2 Å². The average molecular weight is 501 g/mol. The number of anilines is 1. The lowest BCUT2D eigenvalue weighted by Gasteiger charge is -2.32. The molecule has 0 radical (unpaired) electrons. The van der Waals surface area contributed by atoms with Gasteiger partial charge < -0.3 is 26.5 Å². The molecule has 1 atom stereocenters. The monoisotopic (exact) mass is 500 g/mol. The van der Waals surface area contributed by atoms with E-state index in [2.05, 4.69) is 37.1 Å². The number of amides is 2. The van der Waals surface area contributed by atoms with Crippen molar-refractivity contribution in [2.24, 2.45) is 16.6 Å². The van der Waals surface area contributed by atoms with Gasteiger partial charge >= 0.3 is 6.03 Å². The number of nitrogens with zero attached hydrogens (tertiary/aromatic N) is 2. The van der Waals surface area contributed by atoms with Crippen molar-refractivity contribution in [3.63, 3.8) is 0 Å². The second kappa shape index (κ2) is 11.5. The predicted octanol–water partition coefficient (Wildman–Crippen LogP) is 3.52. The molecular formula is C23H29BrN6O2. The molecule has 32 heavy (non-hydrogen) atoms. The second-order valence-corrected chi connectivity index (χ2v) is 8.53. The second-order valence-electron chi connectivity index (χ2n) is 7.61. The summed E-state index contributed by atoms with van der Waals surface area (Å²) in [6.07, 6.45) is 3.61. The first kappa shape index (κ1) is 23.6. The molecule has 9 heteroatoms. The Labute approximate surface area is 196 Å². The summed E-state index contributed by atoms with van der Waals surface area (Å²) in [4.78, 5) is 19.2. The van der Waals surface area contributed by atoms with Crippen LogP contribution < -0.4 is 21.9 Å². The number of hydrogen-bond donors (Lipinski definition) is 5. The van der Waals surface area contributed by atoms with Gasteiger partial charge in [0.2, 0.25) is 0 Å². The lowest BCUT2D eigenvalue weighted by atomic mass is 9.98. The normalized spacial score (nSPS) is 17.2. The van der Waals surface area contributed by atoms with Gasteiger partial charge in [-0.1, -0.05) is 34.1 Å². The maximum absolute atomic E-state index is 12.7. The van der Waals surface area contributed by atoms with Gasteiger partial charge in [-0.25, -0.2) is 10.2 Å². The molecular weight excluding hydrogens is 472 g/mol. The first-order valence-electron chi connectivity index (χ1n) is 10.5. The Bertz CT molecular complexity index is 994. The Morgan fingerprint density at radius 2 is 2.12 bits per heavy atom. The van der Waals surface area contributed by atoms with Gasteiger partial charge in [0.15, 0.2) is 0 Å². The molecule has 1 saturated heterocycles. The minimum atomic E-state index is -0.103. The number of hydrazine groups is 1. The molecule has 1 unspecified atom stereocenters. The van der Waals surface area contributed by atoms with Crippen LogP contribution in [0, 0.1) is 5.92 Å². The minimum absolute atomic E-state index is 0.103. The highest BCUT2D eigenvalue weighted by Gasteiger charge is 2.23. The number of para-hydroxylation sites is 1. The molecule has 170 valence electrons. The average Bonchev–Trinajstić information content (AvgIpc) is 2.78. The third kappa shape index (κ3) is 6.73. The van der Waals surface area contributed by atoms with E-state index < -0.39 is 0 Å². The number of phenols is 1. The van der Waals surface area contributed by atoms with Gasteiger partial charge in [-0.15, -0.1) is 0 Å². The van der Waals surface area contributed by atoms with Gasteiger partial charge in [-0.3, -0.25) is 4.99 Å². The zero-order valence-corrected chi connectivity index (χ0v) is 19.6. The Morgan fingerprint density at radius 1 is 1.31 bits per heavy atom. The minimum Gasteiger partial charge on any atom is -0.507 e. The molecule has 1 fully saturated rings. The zero-order chi connectivity index (χ0) is 22.9. The molecule has 3 rings (SSSR count). The van der Waals surface area contributed by atoms with Gasteiger partial charge in [-0.05, 0) is 49.1 Å². The summed E-state index contributed by atoms with van der Waals surface area (Å²) in [5, 5.41) is 13.0. The van der Waals surface area contributed by atoms with Crippen LogP contribution in [0.4, 0.5) is 10.5 Å². The first-order valence-corrected chi connectivity index (χ1v) is 11.3. The Balaban J connectivity index is 1.63. The number of nitrogens with one attached hydrogen (secondary N) is 3. The number of likely N-dealkylation sites (tertiary alicyclic amines) is 1. The number of benzene rings is 2. The van der Waals surface area contributed by atoms with Crippen LogP contribution in [0.5, 0.6) is 5.75 Å². The molecule has 0 saturated carbocycles. The highest BCUT2D eigenvalue weighted by Crippen LogP contribution is 2.22. The third-order valence-electron chi connectivity index (χ3n) is 5.16. The number of nitrogens with two attached hydrogens (primary N) is 1. The van der Waals surface area contributed by atoms with E-state index in [4.69, 9.17) is 5.73 Å². The molecule has 2 aromatic rings. The number of aromatic hydroxyl groups is 1. The van der Waals surface area contributed by atoms with Gasteiger partial charge in [0.25, 0.3) is 0 Å². The van der Waals surface area contributed by atoms with E-state index >= 15 is 0 Å². The molecule has 0 aliphatic carbocycles. The number of amidine groups is 1. The highest BCUT2D eigenvalue weighted by molar-refractivity contribution is 9.10. The summed E-state index contributed by atoms with van der Waals surface area (Å²) in [5.74, 6) is 0.916. The number of hydrogen-bond acceptors (Lipinski definition) is 5. The zero-order valence-electron chi connectivity index (χ0n) is 18.0. The Morgan fingerprint density at radius 3 is 2.88 bits per heavy atom. The topological polar surface area (TPSA) is 115 Å². The molecule has 6 N–H and O–H groups in total. The van der Waals surface area contributed by atoms with Gasteiger partial charge in [0.1, 0.15) is 11.6 Å². The summed E-state index contributed by atoms with van der Waals surface area (Å²) < 4.78 is 0.918. The lowest BCUT2D eigenvalue weighted by Crippen LogP contribution is -2.43. The fraction of sp³-hybridized carbons (Fsp3) is 0.304. The summed E-state index contributed by atoms with van der Waals surface area (Å²) in [6, 6.07) is 14.3. The van der Waals surface area contributed by atoms with Crippen LogP contribution in [0.15, 0.2) is 64.1 Å². The fourth-order valence-electron chi connectivity index (χ4n) is 3.59. The lowest BCUT2D eigenvalue weighted by molar-refractivity contribution is 0.179. The van der Waals surface area contributed by atoms with Crippen LogP contribution in [0.25, 0.3) is 5.70 Å². The summed E-state index contributed by atoms with van der Waals surface area (Å²) >= 11 is 3.42. The Hall–Kier alpha value is -3.04. The van der Waals surface area contributed by atoms with Crippen molar-refractivity contribution in [2.75, 3.05) is 32.0 Å². The number of carbonyl (C=O) groups excluding carboxylic acids is 1. The number of halogens is 1. The van der Waals surface area contributed by atoms with Gasteiger partial charge in [0.05, 0.1) is 0 Å². The summed E-state index contributed by atoms with van der Waals surface area (Å²) in [7, 11) is 1.74. The SMILES string of the molecule is CNNC(C=C(N)c1ccccc1O)=NCC1CCCN(C(=O)Nc2cccc(Br)c2)C1. The standard InChI is InChI=1S/C23H29BrN6O2/c1-26-29-22(13-20(25)19-9-2-3-10-21(19)31)27-14-16-6-5-11-30(15-16)23(32)28-18-8-4-7-17(24)12-18/h2-4,7-10,12-13,16,26,31H,5-6,11,14-15,25H2,1H3,(H,27,29)(H,28,32). The van der Waals surface area contributed by atoms with E-state index in [1.54, 1.807) is 31.3 Å². The third-order valence-corrected chi connectivity index (χ3v) is 5.66. The Kier molecular flexibility index (Phi) is 8.52. The molecule has 8 nitrogen and oxygen atoms in total. The maximum atomic E-state index is 12.7. The van der Waals surface area contributed by atoms with Crippen molar-refractivity contribution >= 4 is 39.2 Å². The van der Waals surface area contributed by atoms with E-state index in [0.29, 0.717) is 30.2 Å². The van der Waals surface area contributed by atoms with Crippen molar-refractivity contribution in [3.8, 4) is 5.75 Å². The van der Waals surface area contributed by atoms with Crippen LogP contribution in [0.3, 0.4) is 0 Å². The molecule has 2 amide bonds. The van der Waals surface area contributed by atoms with E-state index in [0.717, 1.165) is 29.5 Å². The van der Waals surface area contributed by atoms with Crippen molar-refractivity contribution in [1.29, 1.82) is 0 Å². The summed E-state index contributed by atoms with van der Waals surface area (Å²) in [6.45, 7) is 1.91. The highest BCUT2D eigenvalue weighted by atomic mass is 79.9. The first-order chi connectivity index (χ1) is 15.5. The van der Waals surface area contributed by atoms with Crippen molar-refractivity contribution < 1.29 is 9.90 Å². The fourth-order valence-corrected chi connectivity index (χ4v) is 3.99. The van der Waals surface area contributed by atoms with Crippen LogP contribution in [-0.4, -0.2) is 48.6 Å². The van der Waals surface area contributed by atoms with Crippen molar-refractivity contribution in [3.05, 3.63) is 64.6 Å². The largest absolute Gasteiger partial charge is 0.507 e. The molecule has 1 aliphatic rings. The number of aliphatic imine (C=N–C) groups is 1. The number of rotatable bonds is 6. The van der Waals surface area contributed by atoms with Gasteiger partial charge in [0, 0.05) is 54.2 Å². The number of carbonyl (C=O) groups is 1. The molecule has 1 aliphatic heterocycles.